The second-order valence-electron chi connectivity index (χ2n) is 4.78. The van der Waals surface area contributed by atoms with Crippen LogP contribution in [0.4, 0.5) is 4.39 Å². The van der Waals surface area contributed by atoms with Crippen LogP contribution in [-0.4, -0.2) is 25.0 Å². The molecule has 1 saturated heterocycles. The molecular formula is C14H15FN2OS. The monoisotopic (exact) mass is 278 g/mol. The van der Waals surface area contributed by atoms with E-state index in [4.69, 9.17) is 0 Å². The molecule has 0 bridgehead atoms. The molecule has 1 amide bonds. The SMILES string of the molecule is O=C(N[C@@H]1CCCNC1)c1cc2c(F)cccc2s1. The van der Waals surface area contributed by atoms with Gasteiger partial charge in [0, 0.05) is 22.7 Å². The number of carbonyl (C=O) groups excluding carboxylic acids is 1. The van der Waals surface area contributed by atoms with Gasteiger partial charge < -0.3 is 10.6 Å². The average molecular weight is 278 g/mol. The molecule has 1 fully saturated rings. The van der Waals surface area contributed by atoms with E-state index in [2.05, 4.69) is 10.6 Å². The number of thiophene rings is 1. The van der Waals surface area contributed by atoms with Crippen molar-refractivity contribution in [3.8, 4) is 0 Å². The zero-order chi connectivity index (χ0) is 13.2. The van der Waals surface area contributed by atoms with Gasteiger partial charge in [-0.3, -0.25) is 4.79 Å². The Morgan fingerprint density at radius 1 is 1.47 bits per heavy atom. The minimum Gasteiger partial charge on any atom is -0.347 e. The van der Waals surface area contributed by atoms with E-state index in [1.807, 2.05) is 6.07 Å². The summed E-state index contributed by atoms with van der Waals surface area (Å²) in [5, 5.41) is 6.79. The first-order valence-corrected chi connectivity index (χ1v) is 7.25. The Morgan fingerprint density at radius 2 is 2.37 bits per heavy atom. The predicted molar refractivity (Wildman–Crippen MR) is 75.1 cm³/mol. The van der Waals surface area contributed by atoms with Gasteiger partial charge in [-0.1, -0.05) is 6.07 Å². The molecule has 1 aromatic carbocycles. The third kappa shape index (κ3) is 2.62. The van der Waals surface area contributed by atoms with Gasteiger partial charge in [-0.25, -0.2) is 4.39 Å². The van der Waals surface area contributed by atoms with Crippen molar-refractivity contribution in [2.24, 2.45) is 0 Å². The van der Waals surface area contributed by atoms with Crippen molar-refractivity contribution in [3.05, 3.63) is 35.0 Å². The van der Waals surface area contributed by atoms with Crippen LogP contribution in [0.1, 0.15) is 22.5 Å². The maximum atomic E-state index is 13.6. The number of amides is 1. The number of hydrogen-bond donors (Lipinski definition) is 2. The van der Waals surface area contributed by atoms with Crippen LogP contribution in [0.15, 0.2) is 24.3 Å². The average Bonchev–Trinajstić information content (AvgIpc) is 2.85. The van der Waals surface area contributed by atoms with Gasteiger partial charge in [-0.2, -0.15) is 0 Å². The van der Waals surface area contributed by atoms with Crippen molar-refractivity contribution in [1.29, 1.82) is 0 Å². The number of nitrogens with one attached hydrogen (secondary N) is 2. The number of carbonyl (C=O) groups is 1. The molecule has 0 aliphatic carbocycles. The molecule has 0 unspecified atom stereocenters. The van der Waals surface area contributed by atoms with E-state index < -0.39 is 0 Å². The lowest BCUT2D eigenvalue weighted by atomic mass is 10.1. The van der Waals surface area contributed by atoms with Crippen molar-refractivity contribution in [2.75, 3.05) is 13.1 Å². The van der Waals surface area contributed by atoms with E-state index in [9.17, 15) is 9.18 Å². The Labute approximate surface area is 114 Å². The Balaban J connectivity index is 1.79. The molecule has 2 heterocycles. The fourth-order valence-electron chi connectivity index (χ4n) is 2.37. The zero-order valence-electron chi connectivity index (χ0n) is 10.4. The van der Waals surface area contributed by atoms with Crippen LogP contribution in [0.3, 0.4) is 0 Å². The van der Waals surface area contributed by atoms with Crippen LogP contribution in [-0.2, 0) is 0 Å². The summed E-state index contributed by atoms with van der Waals surface area (Å²) in [6.45, 7) is 1.82. The third-order valence-corrected chi connectivity index (χ3v) is 4.46. The Kier molecular flexibility index (Phi) is 3.48. The molecule has 1 aliphatic rings. The summed E-state index contributed by atoms with van der Waals surface area (Å²) in [5.74, 6) is -0.374. The number of benzene rings is 1. The summed E-state index contributed by atoms with van der Waals surface area (Å²) >= 11 is 1.34. The van der Waals surface area contributed by atoms with Crippen molar-refractivity contribution in [3.63, 3.8) is 0 Å². The first-order chi connectivity index (χ1) is 9.24. The summed E-state index contributed by atoms with van der Waals surface area (Å²) in [7, 11) is 0. The normalized spacial score (nSPS) is 19.5. The molecule has 5 heteroatoms. The van der Waals surface area contributed by atoms with Gasteiger partial charge in [-0.15, -0.1) is 11.3 Å². The van der Waals surface area contributed by atoms with Gasteiger partial charge in [0.15, 0.2) is 0 Å². The number of halogens is 1. The van der Waals surface area contributed by atoms with Gasteiger partial charge in [-0.05, 0) is 37.6 Å². The zero-order valence-corrected chi connectivity index (χ0v) is 11.2. The number of fused-ring (bicyclic) bond motifs is 1. The van der Waals surface area contributed by atoms with E-state index in [1.165, 1.54) is 17.4 Å². The van der Waals surface area contributed by atoms with Crippen LogP contribution >= 0.6 is 11.3 Å². The van der Waals surface area contributed by atoms with Crippen LogP contribution in [0.25, 0.3) is 10.1 Å². The molecule has 1 aliphatic heterocycles. The molecule has 0 spiro atoms. The van der Waals surface area contributed by atoms with Gasteiger partial charge in [0.25, 0.3) is 5.91 Å². The first kappa shape index (κ1) is 12.6. The second kappa shape index (κ2) is 5.27. The molecular weight excluding hydrogens is 263 g/mol. The smallest absolute Gasteiger partial charge is 0.261 e. The lowest BCUT2D eigenvalue weighted by Gasteiger charge is -2.23. The quantitative estimate of drug-likeness (QED) is 0.886. The van der Waals surface area contributed by atoms with Crippen molar-refractivity contribution < 1.29 is 9.18 Å². The molecule has 1 atom stereocenters. The largest absolute Gasteiger partial charge is 0.347 e. The molecule has 19 heavy (non-hydrogen) atoms. The van der Waals surface area contributed by atoms with Gasteiger partial charge in [0.2, 0.25) is 0 Å². The summed E-state index contributed by atoms with van der Waals surface area (Å²) in [4.78, 5) is 12.7. The van der Waals surface area contributed by atoms with Gasteiger partial charge in [0.1, 0.15) is 5.82 Å². The molecule has 3 nitrogen and oxygen atoms in total. The number of rotatable bonds is 2. The highest BCUT2D eigenvalue weighted by atomic mass is 32.1. The van der Waals surface area contributed by atoms with Crippen LogP contribution < -0.4 is 10.6 Å². The van der Waals surface area contributed by atoms with E-state index >= 15 is 0 Å². The molecule has 1 aromatic heterocycles. The number of piperidine rings is 1. The topological polar surface area (TPSA) is 41.1 Å². The Bertz CT molecular complexity index is 605. The second-order valence-corrected chi connectivity index (χ2v) is 5.86. The molecule has 0 saturated carbocycles. The highest BCUT2D eigenvalue weighted by molar-refractivity contribution is 7.20. The summed E-state index contributed by atoms with van der Waals surface area (Å²) in [6, 6.07) is 6.74. The lowest BCUT2D eigenvalue weighted by molar-refractivity contribution is 0.0935. The maximum absolute atomic E-state index is 13.6. The van der Waals surface area contributed by atoms with Crippen LogP contribution in [0, 0.1) is 5.82 Å². The molecule has 3 rings (SSSR count). The highest BCUT2D eigenvalue weighted by Crippen LogP contribution is 2.27. The van der Waals surface area contributed by atoms with E-state index in [0.717, 1.165) is 30.6 Å². The molecule has 2 N–H and O–H groups in total. The first-order valence-electron chi connectivity index (χ1n) is 6.44. The maximum Gasteiger partial charge on any atom is 0.261 e. The van der Waals surface area contributed by atoms with Crippen molar-refractivity contribution >= 4 is 27.3 Å². The lowest BCUT2D eigenvalue weighted by Crippen LogP contribution is -2.45. The van der Waals surface area contributed by atoms with E-state index in [1.54, 1.807) is 12.1 Å². The molecule has 100 valence electrons. The summed E-state index contributed by atoms with van der Waals surface area (Å²) in [6.07, 6.45) is 2.07. The van der Waals surface area contributed by atoms with E-state index in [0.29, 0.717) is 10.3 Å². The van der Waals surface area contributed by atoms with Gasteiger partial charge >= 0.3 is 0 Å². The molecule has 0 radical (unpaired) electrons. The molecule has 2 aromatic rings. The summed E-state index contributed by atoms with van der Waals surface area (Å²) in [5.41, 5.74) is 0. The fourth-order valence-corrected chi connectivity index (χ4v) is 3.35. The highest BCUT2D eigenvalue weighted by Gasteiger charge is 2.18. The minimum absolute atomic E-state index is 0.103. The Hall–Kier alpha value is -1.46. The Morgan fingerprint density at radius 3 is 3.11 bits per heavy atom. The van der Waals surface area contributed by atoms with Crippen molar-refractivity contribution in [1.82, 2.24) is 10.6 Å². The van der Waals surface area contributed by atoms with Crippen LogP contribution in [0.5, 0.6) is 0 Å². The van der Waals surface area contributed by atoms with Crippen LogP contribution in [0.2, 0.25) is 0 Å². The predicted octanol–water partition coefficient (Wildman–Crippen LogP) is 2.52. The standard InChI is InChI=1S/C14H15FN2OS/c15-11-4-1-5-12-10(11)7-13(19-12)14(18)17-9-3-2-6-16-8-9/h1,4-5,7,9,16H,2-3,6,8H2,(H,17,18)/t9-/m1/s1. The fraction of sp³-hybridized carbons (Fsp3) is 0.357. The minimum atomic E-state index is -0.271. The third-order valence-electron chi connectivity index (χ3n) is 3.36. The number of hydrogen-bond acceptors (Lipinski definition) is 3. The van der Waals surface area contributed by atoms with Crippen molar-refractivity contribution in [2.45, 2.75) is 18.9 Å². The van der Waals surface area contributed by atoms with Gasteiger partial charge in [0.05, 0.1) is 4.88 Å². The van der Waals surface area contributed by atoms with E-state index in [-0.39, 0.29) is 17.8 Å². The summed E-state index contributed by atoms with van der Waals surface area (Å²) < 4.78 is 14.4.